The highest BCUT2D eigenvalue weighted by molar-refractivity contribution is 5.50. The average molecular weight is 246 g/mol. The Morgan fingerprint density at radius 1 is 1.17 bits per heavy atom. The van der Waals surface area contributed by atoms with E-state index >= 15 is 0 Å². The lowest BCUT2D eigenvalue weighted by Crippen LogP contribution is -2.29. The fourth-order valence-corrected chi connectivity index (χ4v) is 1.96. The van der Waals surface area contributed by atoms with Crippen molar-refractivity contribution in [1.82, 2.24) is 9.55 Å². The number of H-pyrrole nitrogens is 1. The van der Waals surface area contributed by atoms with Crippen LogP contribution < -0.4 is 20.7 Å². The predicted molar refractivity (Wildman–Crippen MR) is 63.5 cm³/mol. The molecule has 0 atom stereocenters. The zero-order valence-corrected chi connectivity index (χ0v) is 9.60. The summed E-state index contributed by atoms with van der Waals surface area (Å²) < 4.78 is 11.9. The third-order valence-electron chi connectivity index (χ3n) is 2.74. The second-order valence-electron chi connectivity index (χ2n) is 3.95. The minimum Gasteiger partial charge on any atom is -0.454 e. The molecule has 0 radical (unpaired) electrons. The number of ether oxygens (including phenoxy) is 2. The van der Waals surface area contributed by atoms with E-state index in [0.29, 0.717) is 22.9 Å². The van der Waals surface area contributed by atoms with Crippen LogP contribution in [0.4, 0.5) is 0 Å². The number of fused-ring (bicyclic) bond motifs is 1. The lowest BCUT2D eigenvalue weighted by Gasteiger charge is -2.09. The van der Waals surface area contributed by atoms with Crippen LogP contribution in [0, 0.1) is 6.92 Å². The van der Waals surface area contributed by atoms with Crippen molar-refractivity contribution in [2.45, 2.75) is 6.92 Å². The summed E-state index contributed by atoms with van der Waals surface area (Å²) in [5, 5.41) is 0. The quantitative estimate of drug-likeness (QED) is 0.798. The molecular formula is C12H10N2O4. The van der Waals surface area contributed by atoms with Crippen molar-refractivity contribution in [2.75, 3.05) is 6.79 Å². The molecule has 92 valence electrons. The molecule has 0 amide bonds. The first-order valence-electron chi connectivity index (χ1n) is 5.38. The van der Waals surface area contributed by atoms with E-state index in [1.165, 1.54) is 10.6 Å². The Morgan fingerprint density at radius 2 is 1.94 bits per heavy atom. The SMILES string of the molecule is Cc1cc(=O)[nH]c(=O)n1-c1ccc2c(c1)OCO2. The first-order chi connectivity index (χ1) is 8.65. The summed E-state index contributed by atoms with van der Waals surface area (Å²) >= 11 is 0. The first kappa shape index (κ1) is 10.6. The van der Waals surface area contributed by atoms with Crippen molar-refractivity contribution in [1.29, 1.82) is 0 Å². The van der Waals surface area contributed by atoms with E-state index in [-0.39, 0.29) is 6.79 Å². The molecule has 1 aliphatic rings. The molecule has 6 nitrogen and oxygen atoms in total. The molecule has 1 N–H and O–H groups in total. The van der Waals surface area contributed by atoms with Crippen LogP contribution in [0.2, 0.25) is 0 Å². The van der Waals surface area contributed by atoms with E-state index in [1.54, 1.807) is 25.1 Å². The Balaban J connectivity index is 2.22. The lowest BCUT2D eigenvalue weighted by atomic mass is 10.2. The Hall–Kier alpha value is -2.50. The third-order valence-corrected chi connectivity index (χ3v) is 2.74. The van der Waals surface area contributed by atoms with E-state index in [0.717, 1.165) is 0 Å². The average Bonchev–Trinajstić information content (AvgIpc) is 2.74. The highest BCUT2D eigenvalue weighted by Crippen LogP contribution is 2.33. The Bertz CT molecular complexity index is 730. The number of rotatable bonds is 1. The van der Waals surface area contributed by atoms with Crippen LogP contribution in [0.3, 0.4) is 0 Å². The summed E-state index contributed by atoms with van der Waals surface area (Å²) in [5.74, 6) is 1.24. The number of nitrogens with one attached hydrogen (secondary N) is 1. The van der Waals surface area contributed by atoms with Gasteiger partial charge in [0.2, 0.25) is 6.79 Å². The summed E-state index contributed by atoms with van der Waals surface area (Å²) in [6.45, 7) is 1.87. The van der Waals surface area contributed by atoms with Gasteiger partial charge in [0.05, 0.1) is 5.69 Å². The number of aryl methyl sites for hydroxylation is 1. The molecule has 1 aromatic heterocycles. The summed E-state index contributed by atoms with van der Waals surface area (Å²) in [5.41, 5.74) is 0.300. The molecule has 0 saturated heterocycles. The van der Waals surface area contributed by atoms with Crippen molar-refractivity contribution in [2.24, 2.45) is 0 Å². The lowest BCUT2D eigenvalue weighted by molar-refractivity contribution is 0.174. The van der Waals surface area contributed by atoms with Crippen molar-refractivity contribution in [3.8, 4) is 17.2 Å². The molecule has 0 bridgehead atoms. The zero-order valence-electron chi connectivity index (χ0n) is 9.60. The molecule has 0 unspecified atom stereocenters. The zero-order chi connectivity index (χ0) is 12.7. The number of benzene rings is 1. The van der Waals surface area contributed by atoms with Crippen LogP contribution in [0.25, 0.3) is 5.69 Å². The summed E-state index contributed by atoms with van der Waals surface area (Å²) in [7, 11) is 0. The van der Waals surface area contributed by atoms with E-state index in [1.807, 2.05) is 0 Å². The van der Waals surface area contributed by atoms with Gasteiger partial charge in [0, 0.05) is 17.8 Å². The smallest absolute Gasteiger partial charge is 0.333 e. The van der Waals surface area contributed by atoms with Gasteiger partial charge in [-0.15, -0.1) is 0 Å². The van der Waals surface area contributed by atoms with E-state index in [2.05, 4.69) is 4.98 Å². The van der Waals surface area contributed by atoms with E-state index in [4.69, 9.17) is 9.47 Å². The van der Waals surface area contributed by atoms with Crippen LogP contribution in [0.15, 0.2) is 33.9 Å². The van der Waals surface area contributed by atoms with E-state index in [9.17, 15) is 9.59 Å². The molecule has 2 aromatic rings. The fourth-order valence-electron chi connectivity index (χ4n) is 1.96. The second-order valence-corrected chi connectivity index (χ2v) is 3.95. The van der Waals surface area contributed by atoms with Crippen LogP contribution in [0.5, 0.6) is 11.5 Å². The molecule has 0 fully saturated rings. The van der Waals surface area contributed by atoms with Crippen molar-refractivity contribution in [3.05, 3.63) is 50.8 Å². The molecule has 1 aliphatic heterocycles. The van der Waals surface area contributed by atoms with Crippen molar-refractivity contribution < 1.29 is 9.47 Å². The highest BCUT2D eigenvalue weighted by Gasteiger charge is 2.15. The first-order valence-corrected chi connectivity index (χ1v) is 5.38. The minimum absolute atomic E-state index is 0.179. The summed E-state index contributed by atoms with van der Waals surface area (Å²) in [4.78, 5) is 25.2. The third kappa shape index (κ3) is 1.58. The van der Waals surface area contributed by atoms with Gasteiger partial charge in [0.1, 0.15) is 0 Å². The monoisotopic (exact) mass is 246 g/mol. The standard InChI is InChI=1S/C12H10N2O4/c1-7-4-11(15)13-12(16)14(7)8-2-3-9-10(5-8)18-6-17-9/h2-5H,6H2,1H3,(H,13,15,16). The van der Waals surface area contributed by atoms with Gasteiger partial charge in [-0.1, -0.05) is 0 Å². The van der Waals surface area contributed by atoms with Crippen molar-refractivity contribution >= 4 is 0 Å². The Kier molecular flexibility index (Phi) is 2.22. The van der Waals surface area contributed by atoms with E-state index < -0.39 is 11.2 Å². The van der Waals surface area contributed by atoms with Crippen LogP contribution >= 0.6 is 0 Å². The molecule has 18 heavy (non-hydrogen) atoms. The predicted octanol–water partition coefficient (Wildman–Crippen LogP) is 0.563. The maximum atomic E-state index is 11.8. The number of nitrogens with zero attached hydrogens (tertiary/aromatic N) is 1. The Labute approximate surface area is 101 Å². The number of aromatic amines is 1. The minimum atomic E-state index is -0.473. The largest absolute Gasteiger partial charge is 0.454 e. The van der Waals surface area contributed by atoms with Gasteiger partial charge >= 0.3 is 5.69 Å². The molecule has 3 rings (SSSR count). The van der Waals surface area contributed by atoms with Gasteiger partial charge in [-0.05, 0) is 19.1 Å². The van der Waals surface area contributed by atoms with Gasteiger partial charge in [-0.25, -0.2) is 4.79 Å². The maximum absolute atomic E-state index is 11.8. The Morgan fingerprint density at radius 3 is 2.72 bits per heavy atom. The number of hydrogen-bond donors (Lipinski definition) is 1. The van der Waals surface area contributed by atoms with Crippen molar-refractivity contribution in [3.63, 3.8) is 0 Å². The fraction of sp³-hybridized carbons (Fsp3) is 0.167. The number of hydrogen-bond acceptors (Lipinski definition) is 4. The summed E-state index contributed by atoms with van der Waals surface area (Å²) in [6, 6.07) is 6.54. The topological polar surface area (TPSA) is 73.3 Å². The van der Waals surface area contributed by atoms with Crippen LogP contribution in [-0.2, 0) is 0 Å². The van der Waals surface area contributed by atoms with Gasteiger partial charge in [0.25, 0.3) is 5.56 Å². The second kappa shape index (κ2) is 3.76. The maximum Gasteiger partial charge on any atom is 0.333 e. The molecule has 0 aliphatic carbocycles. The van der Waals surface area contributed by atoms with Crippen LogP contribution in [-0.4, -0.2) is 16.3 Å². The van der Waals surface area contributed by atoms with Gasteiger partial charge in [-0.3, -0.25) is 14.3 Å². The molecule has 1 aromatic carbocycles. The molecule has 6 heteroatoms. The molecule has 0 spiro atoms. The molecule has 0 saturated carbocycles. The molecule has 2 heterocycles. The highest BCUT2D eigenvalue weighted by atomic mass is 16.7. The number of aromatic nitrogens is 2. The molecular weight excluding hydrogens is 236 g/mol. The van der Waals surface area contributed by atoms with Crippen LogP contribution in [0.1, 0.15) is 5.69 Å². The van der Waals surface area contributed by atoms with Gasteiger partial charge < -0.3 is 9.47 Å². The van der Waals surface area contributed by atoms with Gasteiger partial charge in [0.15, 0.2) is 11.5 Å². The normalized spacial score (nSPS) is 12.7. The summed E-state index contributed by atoms with van der Waals surface area (Å²) in [6.07, 6.45) is 0. The van der Waals surface area contributed by atoms with Gasteiger partial charge in [-0.2, -0.15) is 0 Å².